The predicted octanol–water partition coefficient (Wildman–Crippen LogP) is 3.44. The first-order chi connectivity index (χ1) is 9.43. The van der Waals surface area contributed by atoms with Crippen molar-refractivity contribution in [2.45, 2.75) is 26.7 Å². The van der Waals surface area contributed by atoms with Crippen LogP contribution in [0.3, 0.4) is 0 Å². The number of nitrogens with zero attached hydrogens (tertiary/aromatic N) is 1. The van der Waals surface area contributed by atoms with Crippen molar-refractivity contribution in [1.82, 2.24) is 4.90 Å². The lowest BCUT2D eigenvalue weighted by Crippen LogP contribution is -2.20. The molecule has 0 atom stereocenters. The van der Waals surface area contributed by atoms with Gasteiger partial charge in [0.15, 0.2) is 0 Å². The first-order valence-electron chi connectivity index (χ1n) is 6.78. The van der Waals surface area contributed by atoms with E-state index in [1.54, 1.807) is 6.92 Å². The fraction of sp³-hybridized carbons (Fsp3) is 0.353. The maximum absolute atomic E-state index is 10.9. The van der Waals surface area contributed by atoms with E-state index < -0.39 is 0 Å². The number of rotatable bonds is 5. The molecule has 1 amide bonds. The van der Waals surface area contributed by atoms with Crippen molar-refractivity contribution in [3.63, 3.8) is 0 Å². The van der Waals surface area contributed by atoms with Gasteiger partial charge in [-0.15, -0.1) is 0 Å². The minimum Gasteiger partial charge on any atom is -0.381 e. The standard InChI is InChI=1S/C9H18N2O.C8H8/c1-5-6-8(11(3)4)7(2)9(10)12;1-2-8-6-4-3-5-7-8/h5-6H2,1-4H3,(H2,10,12);2-7H,1H2/b8-7+;. The molecular formula is C17H26N2O. The van der Waals surface area contributed by atoms with Crippen LogP contribution >= 0.6 is 0 Å². The number of carbonyl (C=O) groups excluding carboxylic acids is 1. The van der Waals surface area contributed by atoms with Gasteiger partial charge < -0.3 is 10.6 Å². The number of amides is 1. The van der Waals surface area contributed by atoms with E-state index in [-0.39, 0.29) is 5.91 Å². The maximum atomic E-state index is 10.9. The summed E-state index contributed by atoms with van der Waals surface area (Å²) in [6.07, 6.45) is 3.76. The molecule has 20 heavy (non-hydrogen) atoms. The van der Waals surface area contributed by atoms with Gasteiger partial charge in [0.25, 0.3) is 0 Å². The fourth-order valence-electron chi connectivity index (χ4n) is 1.71. The van der Waals surface area contributed by atoms with E-state index in [9.17, 15) is 4.79 Å². The Balaban J connectivity index is 0.000000388. The lowest BCUT2D eigenvalue weighted by atomic mass is 10.1. The van der Waals surface area contributed by atoms with Crippen LogP contribution in [-0.2, 0) is 4.79 Å². The van der Waals surface area contributed by atoms with Crippen LogP contribution < -0.4 is 5.73 Å². The van der Waals surface area contributed by atoms with Gasteiger partial charge in [-0.1, -0.05) is 56.3 Å². The average molecular weight is 274 g/mol. The van der Waals surface area contributed by atoms with E-state index in [0.29, 0.717) is 5.57 Å². The number of hydrogen-bond donors (Lipinski definition) is 1. The molecule has 3 heteroatoms. The normalized spacial score (nSPS) is 10.8. The largest absolute Gasteiger partial charge is 0.381 e. The van der Waals surface area contributed by atoms with Gasteiger partial charge in [-0.2, -0.15) is 0 Å². The number of benzene rings is 1. The lowest BCUT2D eigenvalue weighted by molar-refractivity contribution is -0.114. The van der Waals surface area contributed by atoms with Gasteiger partial charge in [0.1, 0.15) is 0 Å². The third kappa shape index (κ3) is 6.78. The van der Waals surface area contributed by atoms with Crippen molar-refractivity contribution in [3.05, 3.63) is 53.7 Å². The molecule has 0 spiro atoms. The molecule has 1 aromatic carbocycles. The van der Waals surface area contributed by atoms with E-state index in [1.807, 2.05) is 55.4 Å². The molecule has 0 saturated carbocycles. The molecule has 0 radical (unpaired) electrons. The van der Waals surface area contributed by atoms with Crippen LogP contribution in [-0.4, -0.2) is 24.9 Å². The zero-order valence-corrected chi connectivity index (χ0v) is 13.0. The summed E-state index contributed by atoms with van der Waals surface area (Å²) < 4.78 is 0. The van der Waals surface area contributed by atoms with Crippen LogP contribution in [0.15, 0.2) is 48.2 Å². The van der Waals surface area contributed by atoms with E-state index in [0.717, 1.165) is 18.5 Å². The minimum absolute atomic E-state index is 0.327. The summed E-state index contributed by atoms with van der Waals surface area (Å²) in [6, 6.07) is 10.0. The lowest BCUT2D eigenvalue weighted by Gasteiger charge is -2.18. The first-order valence-corrected chi connectivity index (χ1v) is 6.78. The molecule has 0 heterocycles. The third-order valence-electron chi connectivity index (χ3n) is 2.86. The van der Waals surface area contributed by atoms with Crippen LogP contribution in [0.4, 0.5) is 0 Å². The maximum Gasteiger partial charge on any atom is 0.246 e. The highest BCUT2D eigenvalue weighted by molar-refractivity contribution is 5.91. The number of nitrogens with two attached hydrogens (primary N) is 1. The van der Waals surface area contributed by atoms with Crippen molar-refractivity contribution in [2.24, 2.45) is 5.73 Å². The van der Waals surface area contributed by atoms with Gasteiger partial charge in [-0.05, 0) is 18.9 Å². The van der Waals surface area contributed by atoms with Gasteiger partial charge in [0, 0.05) is 25.4 Å². The molecule has 0 aliphatic carbocycles. The van der Waals surface area contributed by atoms with E-state index in [2.05, 4.69) is 13.5 Å². The quantitative estimate of drug-likeness (QED) is 0.836. The molecule has 0 fully saturated rings. The summed E-state index contributed by atoms with van der Waals surface area (Å²) in [5.74, 6) is -0.327. The van der Waals surface area contributed by atoms with E-state index in [1.165, 1.54) is 5.56 Å². The summed E-state index contributed by atoms with van der Waals surface area (Å²) in [6.45, 7) is 7.48. The summed E-state index contributed by atoms with van der Waals surface area (Å²) >= 11 is 0. The Morgan fingerprint density at radius 3 is 2.15 bits per heavy atom. The highest BCUT2D eigenvalue weighted by Crippen LogP contribution is 2.12. The zero-order valence-electron chi connectivity index (χ0n) is 13.0. The first kappa shape index (κ1) is 18.0. The molecule has 110 valence electrons. The Morgan fingerprint density at radius 1 is 1.30 bits per heavy atom. The number of carbonyl (C=O) groups is 1. The summed E-state index contributed by atoms with van der Waals surface area (Å²) in [5.41, 5.74) is 8.06. The molecule has 3 nitrogen and oxygen atoms in total. The number of allylic oxidation sites excluding steroid dienone is 1. The van der Waals surface area contributed by atoms with Gasteiger partial charge in [0.2, 0.25) is 5.91 Å². The molecule has 0 aliphatic rings. The fourth-order valence-corrected chi connectivity index (χ4v) is 1.71. The SMILES string of the molecule is C=Cc1ccccc1.CCC/C(=C(/C)C(N)=O)N(C)C. The predicted molar refractivity (Wildman–Crippen MR) is 87.0 cm³/mol. The third-order valence-corrected chi connectivity index (χ3v) is 2.86. The van der Waals surface area contributed by atoms with Crippen molar-refractivity contribution in [1.29, 1.82) is 0 Å². The summed E-state index contributed by atoms with van der Waals surface area (Å²) in [5, 5.41) is 0. The minimum atomic E-state index is -0.327. The van der Waals surface area contributed by atoms with Crippen molar-refractivity contribution in [3.8, 4) is 0 Å². The highest BCUT2D eigenvalue weighted by atomic mass is 16.1. The summed E-state index contributed by atoms with van der Waals surface area (Å²) in [4.78, 5) is 12.8. The Hall–Kier alpha value is -2.03. The molecule has 0 bridgehead atoms. The second kappa shape index (κ2) is 9.84. The van der Waals surface area contributed by atoms with Gasteiger partial charge in [-0.25, -0.2) is 0 Å². The van der Waals surface area contributed by atoms with Crippen molar-refractivity contribution >= 4 is 12.0 Å². The van der Waals surface area contributed by atoms with Gasteiger partial charge in [-0.3, -0.25) is 4.79 Å². The molecule has 1 rings (SSSR count). The van der Waals surface area contributed by atoms with E-state index >= 15 is 0 Å². The zero-order chi connectivity index (χ0) is 15.5. The van der Waals surface area contributed by atoms with Gasteiger partial charge >= 0.3 is 0 Å². The average Bonchev–Trinajstić information content (AvgIpc) is 2.45. The Bertz CT molecular complexity index is 447. The van der Waals surface area contributed by atoms with Crippen LogP contribution in [0.2, 0.25) is 0 Å². The highest BCUT2D eigenvalue weighted by Gasteiger charge is 2.07. The monoisotopic (exact) mass is 274 g/mol. The van der Waals surface area contributed by atoms with Crippen LogP contribution in [0.5, 0.6) is 0 Å². The Kier molecular flexibility index (Phi) is 8.84. The van der Waals surface area contributed by atoms with Gasteiger partial charge in [0.05, 0.1) is 0 Å². The number of hydrogen-bond acceptors (Lipinski definition) is 2. The molecule has 2 N–H and O–H groups in total. The summed E-state index contributed by atoms with van der Waals surface area (Å²) in [7, 11) is 3.86. The van der Waals surface area contributed by atoms with Crippen LogP contribution in [0.25, 0.3) is 6.08 Å². The van der Waals surface area contributed by atoms with Crippen LogP contribution in [0.1, 0.15) is 32.3 Å². The van der Waals surface area contributed by atoms with Crippen LogP contribution in [0, 0.1) is 0 Å². The van der Waals surface area contributed by atoms with Crippen molar-refractivity contribution < 1.29 is 4.79 Å². The number of primary amides is 1. The molecule has 0 aliphatic heterocycles. The topological polar surface area (TPSA) is 46.3 Å². The smallest absolute Gasteiger partial charge is 0.246 e. The molecule has 0 unspecified atom stereocenters. The second-order valence-electron chi connectivity index (χ2n) is 4.70. The Morgan fingerprint density at radius 2 is 1.85 bits per heavy atom. The molecule has 0 saturated heterocycles. The second-order valence-corrected chi connectivity index (χ2v) is 4.70. The molecule has 1 aromatic rings. The van der Waals surface area contributed by atoms with E-state index in [4.69, 9.17) is 5.73 Å². The Labute approximate surface area is 122 Å². The van der Waals surface area contributed by atoms with Crippen molar-refractivity contribution in [2.75, 3.05) is 14.1 Å². The molecule has 0 aromatic heterocycles. The molecular weight excluding hydrogens is 248 g/mol.